The number of pyridine rings is 1. The predicted octanol–water partition coefficient (Wildman–Crippen LogP) is 2.01. The molecule has 0 aliphatic carbocycles. The number of halogens is 1. The average molecular weight is 483 g/mol. The quantitative estimate of drug-likeness (QED) is 0.459. The van der Waals surface area contributed by atoms with Gasteiger partial charge >= 0.3 is 12.1 Å². The second-order valence-electron chi connectivity index (χ2n) is 7.69. The van der Waals surface area contributed by atoms with Crippen LogP contribution in [0.4, 0.5) is 14.9 Å². The Morgan fingerprint density at radius 2 is 2.09 bits per heavy atom. The molecule has 1 atom stereocenters. The van der Waals surface area contributed by atoms with E-state index in [0.717, 1.165) is 0 Å². The van der Waals surface area contributed by atoms with Gasteiger partial charge in [-0.25, -0.2) is 9.18 Å². The number of cyclic esters (lactones) is 1. The first-order chi connectivity index (χ1) is 16.8. The zero-order valence-corrected chi connectivity index (χ0v) is 18.7. The molecule has 1 fully saturated rings. The normalized spacial score (nSPS) is 15.1. The van der Waals surface area contributed by atoms with Crippen molar-refractivity contribution in [3.05, 3.63) is 54.2 Å². The van der Waals surface area contributed by atoms with E-state index in [1.54, 1.807) is 30.3 Å². The summed E-state index contributed by atoms with van der Waals surface area (Å²) in [6, 6.07) is 9.32. The van der Waals surface area contributed by atoms with Crippen molar-refractivity contribution in [2.24, 2.45) is 5.73 Å². The van der Waals surface area contributed by atoms with Crippen LogP contribution < -0.4 is 16.0 Å². The Hall–Kier alpha value is -4.32. The molecular formula is C23H22FN5O6. The lowest BCUT2D eigenvalue weighted by molar-refractivity contribution is -0.143. The number of hydrogen-bond donors (Lipinski definition) is 2. The van der Waals surface area contributed by atoms with E-state index in [-0.39, 0.29) is 32.1 Å². The van der Waals surface area contributed by atoms with Crippen LogP contribution in [0.3, 0.4) is 0 Å². The zero-order chi connectivity index (χ0) is 24.9. The molecular weight excluding hydrogens is 461 g/mol. The molecule has 35 heavy (non-hydrogen) atoms. The minimum Gasteiger partial charge on any atom is -0.456 e. The number of anilines is 1. The summed E-state index contributed by atoms with van der Waals surface area (Å²) < 4.78 is 30.2. The summed E-state index contributed by atoms with van der Waals surface area (Å²) in [5, 5.41) is 6.49. The summed E-state index contributed by atoms with van der Waals surface area (Å²) >= 11 is 0. The molecule has 0 unspecified atom stereocenters. The highest BCUT2D eigenvalue weighted by atomic mass is 19.1. The third-order valence-electron chi connectivity index (χ3n) is 5.16. The van der Waals surface area contributed by atoms with Gasteiger partial charge in [-0.05, 0) is 24.3 Å². The molecule has 0 bridgehead atoms. The van der Waals surface area contributed by atoms with Gasteiger partial charge < -0.3 is 25.0 Å². The van der Waals surface area contributed by atoms with Gasteiger partial charge in [0.15, 0.2) is 12.4 Å². The Morgan fingerprint density at radius 1 is 1.26 bits per heavy atom. The monoisotopic (exact) mass is 483 g/mol. The van der Waals surface area contributed by atoms with Crippen molar-refractivity contribution < 1.29 is 32.8 Å². The molecule has 1 saturated heterocycles. The van der Waals surface area contributed by atoms with Crippen LogP contribution in [0.5, 0.6) is 0 Å². The van der Waals surface area contributed by atoms with Crippen molar-refractivity contribution in [1.82, 2.24) is 15.5 Å². The summed E-state index contributed by atoms with van der Waals surface area (Å²) in [6.07, 6.45) is 0.364. The number of amides is 2. The number of aromatic nitrogens is 2. The van der Waals surface area contributed by atoms with Gasteiger partial charge in [-0.2, -0.15) is 0 Å². The van der Waals surface area contributed by atoms with Crippen LogP contribution in [0.2, 0.25) is 0 Å². The van der Waals surface area contributed by atoms with E-state index >= 15 is 0 Å². The molecule has 4 rings (SSSR count). The minimum absolute atomic E-state index is 0.1000. The number of benzene rings is 1. The van der Waals surface area contributed by atoms with Crippen molar-refractivity contribution in [2.75, 3.05) is 24.5 Å². The topological polar surface area (TPSA) is 150 Å². The number of carbonyl (C=O) groups excluding carboxylic acids is 3. The van der Waals surface area contributed by atoms with E-state index in [1.807, 2.05) is 0 Å². The van der Waals surface area contributed by atoms with E-state index in [1.165, 1.54) is 24.1 Å². The second-order valence-corrected chi connectivity index (χ2v) is 7.69. The Morgan fingerprint density at radius 3 is 2.77 bits per heavy atom. The Labute approximate surface area is 199 Å². The molecule has 1 aliphatic rings. The lowest BCUT2D eigenvalue weighted by Crippen LogP contribution is -2.33. The van der Waals surface area contributed by atoms with E-state index in [4.69, 9.17) is 19.7 Å². The minimum atomic E-state index is -0.608. The van der Waals surface area contributed by atoms with Gasteiger partial charge in [-0.1, -0.05) is 11.2 Å². The number of nitrogens with zero attached hydrogens (tertiary/aromatic N) is 3. The van der Waals surface area contributed by atoms with Gasteiger partial charge in [-0.3, -0.25) is 19.5 Å². The van der Waals surface area contributed by atoms with Crippen molar-refractivity contribution in [3.63, 3.8) is 0 Å². The van der Waals surface area contributed by atoms with Crippen molar-refractivity contribution in [1.29, 1.82) is 0 Å². The van der Waals surface area contributed by atoms with Crippen molar-refractivity contribution in [3.8, 4) is 22.5 Å². The van der Waals surface area contributed by atoms with Crippen LogP contribution in [0.25, 0.3) is 22.5 Å². The zero-order valence-electron chi connectivity index (χ0n) is 18.7. The molecule has 3 N–H and O–H groups in total. The standard InChI is InChI=1S/C23H22FN5O6/c1-13(30)26-10-17-11-29(23(32)34-17)15-3-4-18(19(24)6-15)14-2-5-20(27-9-14)21-7-16(35-28-21)12-33-22(31)8-25/h2-7,9,17H,8,10-12,25H2,1H3,(H,26,30)/t17-/m0/s1. The maximum Gasteiger partial charge on any atom is 0.414 e. The van der Waals surface area contributed by atoms with E-state index < -0.39 is 24.0 Å². The summed E-state index contributed by atoms with van der Waals surface area (Å²) in [6.45, 7) is 1.41. The molecule has 1 aliphatic heterocycles. The molecule has 11 nitrogen and oxygen atoms in total. The molecule has 0 spiro atoms. The first kappa shape index (κ1) is 23.8. The highest BCUT2D eigenvalue weighted by molar-refractivity contribution is 5.90. The lowest BCUT2D eigenvalue weighted by Gasteiger charge is -2.14. The van der Waals surface area contributed by atoms with Crippen molar-refractivity contribution in [2.45, 2.75) is 19.6 Å². The van der Waals surface area contributed by atoms with Crippen LogP contribution in [0.1, 0.15) is 12.7 Å². The summed E-state index contributed by atoms with van der Waals surface area (Å²) in [7, 11) is 0. The van der Waals surface area contributed by atoms with Gasteiger partial charge in [0.05, 0.1) is 31.0 Å². The Bertz CT molecular complexity index is 1250. The molecule has 12 heteroatoms. The summed E-state index contributed by atoms with van der Waals surface area (Å²) in [5.41, 5.74) is 7.25. The maximum atomic E-state index is 14.9. The van der Waals surface area contributed by atoms with Crippen LogP contribution in [-0.2, 0) is 25.7 Å². The van der Waals surface area contributed by atoms with Crippen molar-refractivity contribution >= 4 is 23.7 Å². The van der Waals surface area contributed by atoms with Crippen LogP contribution in [-0.4, -0.2) is 53.8 Å². The fraction of sp³-hybridized carbons (Fsp3) is 0.261. The first-order valence-electron chi connectivity index (χ1n) is 10.6. The van der Waals surface area contributed by atoms with Gasteiger partial charge in [-0.15, -0.1) is 0 Å². The van der Waals surface area contributed by atoms with E-state index in [2.05, 4.69) is 15.5 Å². The molecule has 0 radical (unpaired) electrons. The number of esters is 1. The largest absolute Gasteiger partial charge is 0.456 e. The van der Waals surface area contributed by atoms with Gasteiger partial charge in [0.25, 0.3) is 0 Å². The van der Waals surface area contributed by atoms with Gasteiger partial charge in [0.1, 0.15) is 17.6 Å². The van der Waals surface area contributed by atoms with E-state index in [0.29, 0.717) is 34.0 Å². The predicted molar refractivity (Wildman–Crippen MR) is 120 cm³/mol. The number of carbonyl (C=O) groups is 3. The first-order valence-corrected chi connectivity index (χ1v) is 10.6. The third-order valence-corrected chi connectivity index (χ3v) is 5.16. The Kier molecular flexibility index (Phi) is 7.01. The third kappa shape index (κ3) is 5.61. The van der Waals surface area contributed by atoms with Gasteiger partial charge in [0.2, 0.25) is 5.91 Å². The number of ether oxygens (including phenoxy) is 2. The SMILES string of the molecule is CC(=O)NC[C@H]1CN(c2ccc(-c3ccc(-c4cc(COC(=O)CN)on4)nc3)c(F)c2)C(=O)O1. The smallest absolute Gasteiger partial charge is 0.414 e. The van der Waals surface area contributed by atoms with Gasteiger partial charge in [0, 0.05) is 30.3 Å². The molecule has 2 amide bonds. The summed E-state index contributed by atoms with van der Waals surface area (Å²) in [4.78, 5) is 40.0. The Balaban J connectivity index is 1.44. The molecule has 3 aromatic rings. The number of nitrogens with two attached hydrogens (primary N) is 1. The summed E-state index contributed by atoms with van der Waals surface area (Å²) in [5.74, 6) is -1.01. The average Bonchev–Trinajstić information content (AvgIpc) is 3.48. The molecule has 3 heterocycles. The maximum absolute atomic E-state index is 14.9. The lowest BCUT2D eigenvalue weighted by atomic mass is 10.1. The second kappa shape index (κ2) is 10.3. The molecule has 0 saturated carbocycles. The fourth-order valence-corrected chi connectivity index (χ4v) is 3.42. The van der Waals surface area contributed by atoms with Crippen LogP contribution in [0, 0.1) is 5.82 Å². The number of rotatable bonds is 8. The van der Waals surface area contributed by atoms with Crippen LogP contribution >= 0.6 is 0 Å². The molecule has 2 aromatic heterocycles. The highest BCUT2D eigenvalue weighted by Crippen LogP contribution is 2.29. The highest BCUT2D eigenvalue weighted by Gasteiger charge is 2.32. The number of nitrogens with one attached hydrogen (secondary N) is 1. The van der Waals surface area contributed by atoms with E-state index in [9.17, 15) is 18.8 Å². The fourth-order valence-electron chi connectivity index (χ4n) is 3.42. The molecule has 1 aromatic carbocycles. The molecule has 182 valence electrons. The number of hydrogen-bond acceptors (Lipinski definition) is 9. The van der Waals surface area contributed by atoms with Crippen LogP contribution in [0.15, 0.2) is 47.1 Å².